The average molecular weight is 489 g/mol. The lowest BCUT2D eigenvalue weighted by atomic mass is 10.5. The van der Waals surface area contributed by atoms with Gasteiger partial charge in [0.05, 0.1) is 13.2 Å². The molecule has 0 aliphatic carbocycles. The minimum Gasteiger partial charge on any atom is -0.439 e. The van der Waals surface area contributed by atoms with Gasteiger partial charge in [-0.1, -0.05) is 0 Å². The summed E-state index contributed by atoms with van der Waals surface area (Å²) in [4.78, 5) is 0. The zero-order valence-electron chi connectivity index (χ0n) is 18.6. The standard InChI is InChI=1S/C14H40O7Si6/c1-22-17-25(5,6)20-27(9,18-23-2)21-26(7,8)19-24(3,4)14-10-12-16-13-11-15/h15,22-23H,10-14H2,1-9H3/t27-/m1/s1. The Bertz CT molecular complexity index is 413. The SMILES string of the molecule is C[SiH]O[Si](C)(C)O[Si@@](C)(O[SiH]C)O[Si](C)(C)O[Si](C)(C)CCCOCCO. The number of ether oxygens (including phenoxy) is 1. The smallest absolute Gasteiger partial charge is 0.439 e. The van der Waals surface area contributed by atoms with Gasteiger partial charge in [-0.15, -0.1) is 0 Å². The molecule has 27 heavy (non-hydrogen) atoms. The summed E-state index contributed by atoms with van der Waals surface area (Å²) in [6, 6.07) is 0.986. The van der Waals surface area contributed by atoms with Crippen molar-refractivity contribution in [1.29, 1.82) is 0 Å². The topological polar surface area (TPSA) is 75.6 Å². The largest absolute Gasteiger partial charge is 0.469 e. The van der Waals surface area contributed by atoms with Gasteiger partial charge in [0.15, 0.2) is 27.8 Å². The number of rotatable bonds is 16. The molecule has 162 valence electrons. The fraction of sp³-hybridized carbons (Fsp3) is 1.00. The second-order valence-corrected chi connectivity index (χ2v) is 24.5. The van der Waals surface area contributed by atoms with Crippen LogP contribution in [-0.4, -0.2) is 78.7 Å². The first kappa shape index (κ1) is 28.0. The van der Waals surface area contributed by atoms with Crippen LogP contribution in [0.2, 0.25) is 65.0 Å². The maximum Gasteiger partial charge on any atom is 0.469 e. The van der Waals surface area contributed by atoms with Gasteiger partial charge in [-0.3, -0.25) is 0 Å². The molecule has 0 amide bonds. The van der Waals surface area contributed by atoms with Gasteiger partial charge in [-0.05, 0) is 64.8 Å². The van der Waals surface area contributed by atoms with Crippen LogP contribution in [0.25, 0.3) is 0 Å². The van der Waals surface area contributed by atoms with Gasteiger partial charge in [0.1, 0.15) is 0 Å². The molecule has 0 heterocycles. The Morgan fingerprint density at radius 3 is 1.81 bits per heavy atom. The van der Waals surface area contributed by atoms with E-state index in [4.69, 9.17) is 30.4 Å². The molecular weight excluding hydrogens is 449 g/mol. The van der Waals surface area contributed by atoms with E-state index in [9.17, 15) is 0 Å². The Balaban J connectivity index is 4.88. The summed E-state index contributed by atoms with van der Waals surface area (Å²) in [7, 11) is -9.68. The first-order valence-corrected chi connectivity index (χ1v) is 23.7. The van der Waals surface area contributed by atoms with E-state index in [1.54, 1.807) is 0 Å². The van der Waals surface area contributed by atoms with Crippen LogP contribution in [0.4, 0.5) is 0 Å². The first-order valence-electron chi connectivity index (χ1n) is 9.51. The first-order chi connectivity index (χ1) is 12.3. The van der Waals surface area contributed by atoms with E-state index >= 15 is 0 Å². The molecule has 0 spiro atoms. The lowest BCUT2D eigenvalue weighted by Crippen LogP contribution is -2.60. The fourth-order valence-corrected chi connectivity index (χ4v) is 23.8. The predicted molar refractivity (Wildman–Crippen MR) is 123 cm³/mol. The third-order valence-corrected chi connectivity index (χ3v) is 21.9. The van der Waals surface area contributed by atoms with Crippen LogP contribution in [0.3, 0.4) is 0 Å². The highest BCUT2D eigenvalue weighted by atomic mass is 28.5. The van der Waals surface area contributed by atoms with Crippen LogP contribution in [0.5, 0.6) is 0 Å². The van der Waals surface area contributed by atoms with Crippen molar-refractivity contribution < 1.29 is 30.4 Å². The fourth-order valence-electron chi connectivity index (χ4n) is 2.99. The van der Waals surface area contributed by atoms with Crippen molar-refractivity contribution in [2.45, 2.75) is 71.4 Å². The van der Waals surface area contributed by atoms with Gasteiger partial charge in [0, 0.05) is 13.2 Å². The van der Waals surface area contributed by atoms with Crippen molar-refractivity contribution in [2.75, 3.05) is 19.8 Å². The summed E-state index contributed by atoms with van der Waals surface area (Å²) in [5.41, 5.74) is 0. The summed E-state index contributed by atoms with van der Waals surface area (Å²) in [6.45, 7) is 19.9. The van der Waals surface area contributed by atoms with Crippen LogP contribution >= 0.6 is 0 Å². The highest BCUT2D eigenvalue weighted by Crippen LogP contribution is 2.26. The predicted octanol–water partition coefficient (Wildman–Crippen LogP) is 2.45. The maximum atomic E-state index is 8.77. The van der Waals surface area contributed by atoms with Crippen LogP contribution in [-0.2, 0) is 25.3 Å². The van der Waals surface area contributed by atoms with Crippen LogP contribution in [0.15, 0.2) is 0 Å². The van der Waals surface area contributed by atoms with Crippen LogP contribution in [0.1, 0.15) is 6.42 Å². The Morgan fingerprint density at radius 1 is 0.741 bits per heavy atom. The lowest BCUT2D eigenvalue weighted by molar-refractivity contribution is 0.0923. The van der Waals surface area contributed by atoms with Crippen LogP contribution in [0, 0.1) is 0 Å². The minimum atomic E-state index is -2.81. The molecule has 0 aliphatic rings. The minimum absolute atomic E-state index is 0.0661. The van der Waals surface area contributed by atoms with Gasteiger partial charge in [-0.2, -0.15) is 0 Å². The molecular formula is C14H40O7Si6. The second-order valence-electron chi connectivity index (χ2n) is 7.87. The molecule has 0 unspecified atom stereocenters. The lowest BCUT2D eigenvalue weighted by Gasteiger charge is -2.41. The molecule has 0 saturated heterocycles. The average Bonchev–Trinajstić information content (AvgIpc) is 2.43. The molecule has 7 nitrogen and oxygen atoms in total. The van der Waals surface area contributed by atoms with E-state index in [-0.39, 0.29) is 26.1 Å². The molecule has 0 bridgehead atoms. The van der Waals surface area contributed by atoms with E-state index in [2.05, 4.69) is 32.7 Å². The summed E-state index contributed by atoms with van der Waals surface area (Å²) in [5, 5.41) is 8.77. The van der Waals surface area contributed by atoms with E-state index in [1.807, 2.05) is 26.2 Å². The Kier molecular flexibility index (Phi) is 13.1. The maximum absolute atomic E-state index is 8.77. The third kappa shape index (κ3) is 13.8. The van der Waals surface area contributed by atoms with Gasteiger partial charge in [0.2, 0.25) is 0 Å². The zero-order valence-corrected chi connectivity index (χ0v) is 24.9. The second kappa shape index (κ2) is 12.7. The number of aliphatic hydroxyl groups is 1. The summed E-state index contributed by atoms with van der Waals surface area (Å²) in [6.07, 6.45) is 0.928. The monoisotopic (exact) mass is 488 g/mol. The molecule has 0 aromatic rings. The van der Waals surface area contributed by atoms with Crippen molar-refractivity contribution in [3.8, 4) is 0 Å². The normalized spacial score (nSPS) is 15.8. The summed E-state index contributed by atoms with van der Waals surface area (Å²) >= 11 is 0. The molecule has 13 heteroatoms. The Labute approximate surface area is 175 Å². The van der Waals surface area contributed by atoms with Crippen LogP contribution < -0.4 is 0 Å². The molecule has 0 rings (SSSR count). The van der Waals surface area contributed by atoms with Gasteiger partial charge in [0.25, 0.3) is 0 Å². The number of hydrogen-bond donors (Lipinski definition) is 1. The highest BCUT2D eigenvalue weighted by Gasteiger charge is 2.48. The Morgan fingerprint density at radius 2 is 1.30 bits per heavy atom. The molecule has 0 aromatic heterocycles. The van der Waals surface area contributed by atoms with Gasteiger partial charge in [-0.25, -0.2) is 0 Å². The van der Waals surface area contributed by atoms with E-state index in [1.165, 1.54) is 0 Å². The van der Waals surface area contributed by atoms with Crippen molar-refractivity contribution in [2.24, 2.45) is 0 Å². The quantitative estimate of drug-likeness (QED) is 0.264. The van der Waals surface area contributed by atoms with Gasteiger partial charge >= 0.3 is 25.9 Å². The highest BCUT2D eigenvalue weighted by molar-refractivity contribution is 6.88. The molecule has 2 radical (unpaired) electrons. The molecule has 0 fully saturated rings. The molecule has 0 saturated carbocycles. The van der Waals surface area contributed by atoms with E-state index in [0.29, 0.717) is 13.2 Å². The van der Waals surface area contributed by atoms with Crippen molar-refractivity contribution in [3.05, 3.63) is 0 Å². The molecule has 1 N–H and O–H groups in total. The number of hydrogen-bond acceptors (Lipinski definition) is 7. The summed E-state index contributed by atoms with van der Waals surface area (Å²) < 4.78 is 36.7. The number of aliphatic hydroxyl groups excluding tert-OH is 1. The summed E-state index contributed by atoms with van der Waals surface area (Å²) in [5.74, 6) is 0. The van der Waals surface area contributed by atoms with Crippen molar-refractivity contribution >= 4 is 53.8 Å². The molecule has 1 atom stereocenters. The van der Waals surface area contributed by atoms with E-state index in [0.717, 1.165) is 12.5 Å². The zero-order chi connectivity index (χ0) is 21.2. The van der Waals surface area contributed by atoms with Crippen molar-refractivity contribution in [3.63, 3.8) is 0 Å². The van der Waals surface area contributed by atoms with E-state index < -0.39 is 34.2 Å². The van der Waals surface area contributed by atoms with Gasteiger partial charge < -0.3 is 30.4 Å². The Hall–Kier alpha value is 1.02. The molecule has 0 aliphatic heterocycles. The van der Waals surface area contributed by atoms with Crippen molar-refractivity contribution in [1.82, 2.24) is 0 Å². The third-order valence-electron chi connectivity index (χ3n) is 3.42. The molecule has 0 aromatic carbocycles.